The zero-order chi connectivity index (χ0) is 26.9. The molecule has 200 valence electrons. The summed E-state index contributed by atoms with van der Waals surface area (Å²) >= 11 is 10.00. The van der Waals surface area contributed by atoms with Crippen molar-refractivity contribution in [1.29, 1.82) is 0 Å². The Morgan fingerprint density at radius 1 is 1.03 bits per heavy atom. The van der Waals surface area contributed by atoms with E-state index in [0.717, 1.165) is 46.8 Å². The third-order valence-electron chi connectivity index (χ3n) is 7.01. The first-order valence-corrected chi connectivity index (χ1v) is 14.3. The Morgan fingerprint density at radius 3 is 2.45 bits per heavy atom. The van der Waals surface area contributed by atoms with Gasteiger partial charge < -0.3 is 15.0 Å². The molecule has 4 rings (SSSR count). The van der Waals surface area contributed by atoms with Gasteiger partial charge in [0.05, 0.1) is 0 Å². The van der Waals surface area contributed by atoms with Crippen molar-refractivity contribution in [3.05, 3.63) is 99.0 Å². The summed E-state index contributed by atoms with van der Waals surface area (Å²) in [5.74, 6) is 0.189. The number of aryl methyl sites for hydroxylation is 1. The van der Waals surface area contributed by atoms with E-state index in [9.17, 15) is 9.59 Å². The number of carbonyl (C=O) groups is 2. The molecule has 0 saturated heterocycles. The molecule has 1 atom stereocenters. The molecule has 0 aliphatic heterocycles. The van der Waals surface area contributed by atoms with E-state index < -0.39 is 6.04 Å². The molecular weight excluding hydrogens is 564 g/mol. The van der Waals surface area contributed by atoms with Gasteiger partial charge in [-0.1, -0.05) is 95.3 Å². The molecule has 1 fully saturated rings. The molecule has 7 heteroatoms. The van der Waals surface area contributed by atoms with Crippen molar-refractivity contribution in [1.82, 2.24) is 10.2 Å². The lowest BCUT2D eigenvalue weighted by Gasteiger charge is -2.33. The lowest BCUT2D eigenvalue weighted by Crippen LogP contribution is -2.53. The van der Waals surface area contributed by atoms with Crippen molar-refractivity contribution in [2.75, 3.05) is 6.61 Å². The topological polar surface area (TPSA) is 58.6 Å². The number of carbonyl (C=O) groups excluding carboxylic acids is 2. The van der Waals surface area contributed by atoms with Crippen molar-refractivity contribution >= 4 is 39.3 Å². The number of nitrogens with one attached hydrogen (secondary N) is 1. The van der Waals surface area contributed by atoms with Gasteiger partial charge in [-0.05, 0) is 60.7 Å². The summed E-state index contributed by atoms with van der Waals surface area (Å²) in [4.78, 5) is 29.2. The van der Waals surface area contributed by atoms with Crippen LogP contribution in [0.5, 0.6) is 5.75 Å². The molecule has 0 aromatic heterocycles. The zero-order valence-electron chi connectivity index (χ0n) is 21.7. The molecule has 5 nitrogen and oxygen atoms in total. The molecule has 3 aromatic rings. The highest BCUT2D eigenvalue weighted by Gasteiger charge is 2.32. The lowest BCUT2D eigenvalue weighted by molar-refractivity contribution is -0.143. The fourth-order valence-electron chi connectivity index (χ4n) is 4.84. The Morgan fingerprint density at radius 2 is 1.74 bits per heavy atom. The molecule has 38 heavy (non-hydrogen) atoms. The number of benzene rings is 3. The average molecular weight is 598 g/mol. The number of halogens is 2. The molecule has 2 amide bonds. The number of hydrogen-bond donors (Lipinski definition) is 1. The number of hydrogen-bond acceptors (Lipinski definition) is 3. The maximum absolute atomic E-state index is 13.8. The summed E-state index contributed by atoms with van der Waals surface area (Å²) in [5.41, 5.74) is 2.78. The first kappa shape index (κ1) is 28.2. The molecule has 1 unspecified atom stereocenters. The number of amides is 2. The van der Waals surface area contributed by atoms with Crippen LogP contribution in [-0.2, 0) is 22.6 Å². The van der Waals surface area contributed by atoms with E-state index in [2.05, 4.69) is 21.2 Å². The summed E-state index contributed by atoms with van der Waals surface area (Å²) in [6, 6.07) is 22.3. The summed E-state index contributed by atoms with van der Waals surface area (Å²) in [5, 5.41) is 3.81. The predicted molar refractivity (Wildman–Crippen MR) is 155 cm³/mol. The van der Waals surface area contributed by atoms with E-state index in [0.29, 0.717) is 17.2 Å². The fraction of sp³-hybridized carbons (Fsp3) is 0.355. The van der Waals surface area contributed by atoms with E-state index in [1.54, 1.807) is 11.0 Å². The second-order valence-electron chi connectivity index (χ2n) is 9.86. The normalized spacial score (nSPS) is 14.5. The van der Waals surface area contributed by atoms with Crippen LogP contribution in [0.2, 0.25) is 5.02 Å². The van der Waals surface area contributed by atoms with Crippen LogP contribution in [-0.4, -0.2) is 35.4 Å². The standard InChI is InChI=1S/C31H34BrClN2O3/c1-22-18-26(16-17-27(22)32)38-21-30(36)35(20-24-12-8-9-15-28(24)33)29(19-23-10-4-2-5-11-23)31(37)34-25-13-6-3-7-14-25/h2,4-5,8-12,15-18,25,29H,3,6-7,13-14,19-21H2,1H3,(H,34,37). The van der Waals surface area contributed by atoms with Gasteiger partial charge in [0.15, 0.2) is 6.61 Å². The smallest absolute Gasteiger partial charge is 0.261 e. The van der Waals surface area contributed by atoms with Gasteiger partial charge in [0.1, 0.15) is 11.8 Å². The van der Waals surface area contributed by atoms with E-state index >= 15 is 0 Å². The van der Waals surface area contributed by atoms with Gasteiger partial charge in [-0.15, -0.1) is 0 Å². The van der Waals surface area contributed by atoms with Crippen LogP contribution in [0.15, 0.2) is 77.3 Å². The quantitative estimate of drug-likeness (QED) is 0.277. The Labute approximate surface area is 238 Å². The van der Waals surface area contributed by atoms with Crippen LogP contribution >= 0.6 is 27.5 Å². The van der Waals surface area contributed by atoms with Gasteiger partial charge in [0.2, 0.25) is 5.91 Å². The van der Waals surface area contributed by atoms with Crippen molar-refractivity contribution in [2.24, 2.45) is 0 Å². The number of nitrogens with zero attached hydrogens (tertiary/aromatic N) is 1. The summed E-state index contributed by atoms with van der Waals surface area (Å²) in [7, 11) is 0. The highest BCUT2D eigenvalue weighted by molar-refractivity contribution is 9.10. The Balaban J connectivity index is 1.62. The molecule has 1 N–H and O–H groups in total. The molecule has 1 aliphatic carbocycles. The van der Waals surface area contributed by atoms with Crippen molar-refractivity contribution in [2.45, 2.75) is 64.1 Å². The summed E-state index contributed by atoms with van der Waals surface area (Å²) < 4.78 is 6.88. The SMILES string of the molecule is Cc1cc(OCC(=O)N(Cc2ccccc2Cl)C(Cc2ccccc2)C(=O)NC2CCCCC2)ccc1Br. The Kier molecular flexibility index (Phi) is 10.2. The van der Waals surface area contributed by atoms with E-state index in [-0.39, 0.29) is 31.0 Å². The molecule has 0 heterocycles. The molecule has 1 saturated carbocycles. The first-order valence-electron chi connectivity index (χ1n) is 13.2. The Bertz CT molecular complexity index is 1230. The second kappa shape index (κ2) is 13.8. The molecule has 1 aliphatic rings. The van der Waals surface area contributed by atoms with Crippen LogP contribution in [0.25, 0.3) is 0 Å². The van der Waals surface area contributed by atoms with Crippen LogP contribution in [0.1, 0.15) is 48.8 Å². The maximum atomic E-state index is 13.8. The largest absolute Gasteiger partial charge is 0.484 e. The first-order chi connectivity index (χ1) is 18.4. The van der Waals surface area contributed by atoms with Crippen LogP contribution in [0, 0.1) is 6.92 Å². The highest BCUT2D eigenvalue weighted by atomic mass is 79.9. The minimum atomic E-state index is -0.710. The fourth-order valence-corrected chi connectivity index (χ4v) is 5.29. The van der Waals surface area contributed by atoms with E-state index in [1.165, 1.54) is 6.42 Å². The minimum absolute atomic E-state index is 0.133. The zero-order valence-corrected chi connectivity index (χ0v) is 24.0. The van der Waals surface area contributed by atoms with Gasteiger partial charge in [-0.2, -0.15) is 0 Å². The second-order valence-corrected chi connectivity index (χ2v) is 11.1. The molecule has 0 radical (unpaired) electrons. The average Bonchev–Trinajstić information content (AvgIpc) is 2.93. The summed E-state index contributed by atoms with van der Waals surface area (Å²) in [6.07, 6.45) is 5.74. The number of ether oxygens (including phenoxy) is 1. The molecular formula is C31H34BrClN2O3. The van der Waals surface area contributed by atoms with Gasteiger partial charge in [-0.25, -0.2) is 0 Å². The molecule has 0 spiro atoms. The molecule has 3 aromatic carbocycles. The summed E-state index contributed by atoms with van der Waals surface area (Å²) in [6.45, 7) is 1.98. The van der Waals surface area contributed by atoms with E-state index in [4.69, 9.17) is 16.3 Å². The van der Waals surface area contributed by atoms with Gasteiger partial charge in [0.25, 0.3) is 5.91 Å². The predicted octanol–water partition coefficient (Wildman–Crippen LogP) is 6.88. The van der Waals surface area contributed by atoms with Crippen molar-refractivity contribution in [3.63, 3.8) is 0 Å². The molecule has 0 bridgehead atoms. The maximum Gasteiger partial charge on any atom is 0.261 e. The van der Waals surface area contributed by atoms with Gasteiger partial charge in [-0.3, -0.25) is 9.59 Å². The van der Waals surface area contributed by atoms with Crippen molar-refractivity contribution in [3.8, 4) is 5.75 Å². The van der Waals surface area contributed by atoms with Crippen LogP contribution in [0.3, 0.4) is 0 Å². The van der Waals surface area contributed by atoms with Crippen molar-refractivity contribution < 1.29 is 14.3 Å². The van der Waals surface area contributed by atoms with Gasteiger partial charge >= 0.3 is 0 Å². The van der Waals surface area contributed by atoms with Crippen LogP contribution in [0.4, 0.5) is 0 Å². The highest BCUT2D eigenvalue weighted by Crippen LogP contribution is 2.24. The van der Waals surface area contributed by atoms with E-state index in [1.807, 2.05) is 73.7 Å². The Hall–Kier alpha value is -2.83. The van der Waals surface area contributed by atoms with Crippen LogP contribution < -0.4 is 10.1 Å². The van der Waals surface area contributed by atoms with Gasteiger partial charge in [0, 0.05) is 28.5 Å². The third kappa shape index (κ3) is 7.84. The third-order valence-corrected chi connectivity index (χ3v) is 8.27. The lowest BCUT2D eigenvalue weighted by atomic mass is 9.94. The minimum Gasteiger partial charge on any atom is -0.484 e. The number of rotatable bonds is 10. The monoisotopic (exact) mass is 596 g/mol.